The summed E-state index contributed by atoms with van der Waals surface area (Å²) in [6, 6.07) is 11.3. The molecular formula is C18H15N5O2. The number of rotatable bonds is 5. The van der Waals surface area contributed by atoms with Gasteiger partial charge in [-0.3, -0.25) is 9.78 Å². The molecule has 3 aromatic heterocycles. The van der Waals surface area contributed by atoms with Gasteiger partial charge in [0.25, 0.3) is 0 Å². The first-order chi connectivity index (χ1) is 12.3. The molecule has 7 heteroatoms. The van der Waals surface area contributed by atoms with Crippen LogP contribution in [0.1, 0.15) is 5.69 Å². The van der Waals surface area contributed by atoms with Crippen LogP contribution in [0.2, 0.25) is 0 Å². The Morgan fingerprint density at radius 2 is 1.96 bits per heavy atom. The largest absolute Gasteiger partial charge is 0.463 e. The van der Waals surface area contributed by atoms with E-state index in [0.29, 0.717) is 17.1 Å². The SMILES string of the molecule is O=C(Cn1cnc2ccccc21)NCc1nccnc1-c1ccco1. The molecule has 25 heavy (non-hydrogen) atoms. The molecule has 0 aliphatic heterocycles. The second-order valence-electron chi connectivity index (χ2n) is 5.47. The molecule has 0 spiro atoms. The zero-order chi connectivity index (χ0) is 17.1. The maximum atomic E-state index is 12.3. The second-order valence-corrected chi connectivity index (χ2v) is 5.47. The first kappa shape index (κ1) is 15.1. The fraction of sp³-hybridized carbons (Fsp3) is 0.111. The van der Waals surface area contributed by atoms with Gasteiger partial charge in [0.2, 0.25) is 5.91 Å². The average molecular weight is 333 g/mol. The second kappa shape index (κ2) is 6.56. The standard InChI is InChI=1S/C18H15N5O2/c24-17(11-23-12-22-13-4-1-2-5-15(13)23)21-10-14-18(20-8-7-19-14)16-6-3-9-25-16/h1-9,12H,10-11H2,(H,21,24). The topological polar surface area (TPSA) is 85.8 Å². The van der Waals surface area contributed by atoms with Gasteiger partial charge < -0.3 is 14.3 Å². The number of amides is 1. The molecule has 0 bridgehead atoms. The Balaban J connectivity index is 1.46. The Kier molecular flexibility index (Phi) is 3.96. The van der Waals surface area contributed by atoms with Gasteiger partial charge in [0.15, 0.2) is 5.76 Å². The van der Waals surface area contributed by atoms with E-state index in [1.54, 1.807) is 31.1 Å². The lowest BCUT2D eigenvalue weighted by Crippen LogP contribution is -2.27. The third-order valence-corrected chi connectivity index (χ3v) is 3.82. The number of nitrogens with zero attached hydrogens (tertiary/aromatic N) is 4. The van der Waals surface area contributed by atoms with Gasteiger partial charge in [-0.15, -0.1) is 0 Å². The van der Waals surface area contributed by atoms with Crippen molar-refractivity contribution in [2.75, 3.05) is 0 Å². The van der Waals surface area contributed by atoms with Gasteiger partial charge in [-0.05, 0) is 24.3 Å². The first-order valence-electron chi connectivity index (χ1n) is 7.81. The van der Waals surface area contributed by atoms with E-state index in [-0.39, 0.29) is 19.0 Å². The maximum Gasteiger partial charge on any atom is 0.240 e. The zero-order valence-corrected chi connectivity index (χ0v) is 13.3. The van der Waals surface area contributed by atoms with E-state index < -0.39 is 0 Å². The summed E-state index contributed by atoms with van der Waals surface area (Å²) in [5, 5.41) is 2.87. The predicted molar refractivity (Wildman–Crippen MR) is 91.3 cm³/mol. The molecule has 0 saturated heterocycles. The third kappa shape index (κ3) is 3.12. The van der Waals surface area contributed by atoms with Gasteiger partial charge in [0.05, 0.1) is 35.9 Å². The molecule has 0 unspecified atom stereocenters. The Bertz CT molecular complexity index is 1010. The number of imidazole rings is 1. The molecule has 4 aromatic rings. The molecule has 0 saturated carbocycles. The van der Waals surface area contributed by atoms with Gasteiger partial charge in [-0.25, -0.2) is 9.97 Å². The summed E-state index contributed by atoms with van der Waals surface area (Å²) in [5.41, 5.74) is 3.07. The van der Waals surface area contributed by atoms with Gasteiger partial charge in [0, 0.05) is 12.4 Å². The van der Waals surface area contributed by atoms with Crippen LogP contribution in [0.4, 0.5) is 0 Å². The van der Waals surface area contributed by atoms with E-state index in [0.717, 1.165) is 11.0 Å². The van der Waals surface area contributed by atoms with Crippen LogP contribution >= 0.6 is 0 Å². The van der Waals surface area contributed by atoms with Crippen molar-refractivity contribution in [3.05, 3.63) is 67.1 Å². The van der Waals surface area contributed by atoms with Gasteiger partial charge in [-0.1, -0.05) is 12.1 Å². The molecule has 0 aliphatic carbocycles. The van der Waals surface area contributed by atoms with E-state index in [1.165, 1.54) is 0 Å². The average Bonchev–Trinajstić information content (AvgIpc) is 3.31. The molecule has 0 atom stereocenters. The fourth-order valence-corrected chi connectivity index (χ4v) is 2.64. The first-order valence-corrected chi connectivity index (χ1v) is 7.81. The number of aromatic nitrogens is 4. The highest BCUT2D eigenvalue weighted by Crippen LogP contribution is 2.19. The van der Waals surface area contributed by atoms with E-state index in [9.17, 15) is 4.79 Å². The minimum atomic E-state index is -0.126. The summed E-state index contributed by atoms with van der Waals surface area (Å²) in [6.45, 7) is 0.464. The van der Waals surface area contributed by atoms with Crippen molar-refractivity contribution in [2.24, 2.45) is 0 Å². The van der Waals surface area contributed by atoms with Crippen molar-refractivity contribution in [3.63, 3.8) is 0 Å². The molecule has 1 amide bonds. The number of fused-ring (bicyclic) bond motifs is 1. The smallest absolute Gasteiger partial charge is 0.240 e. The Morgan fingerprint density at radius 1 is 1.08 bits per heavy atom. The summed E-state index contributed by atoms with van der Waals surface area (Å²) < 4.78 is 7.19. The van der Waals surface area contributed by atoms with E-state index in [1.807, 2.05) is 34.9 Å². The number of carbonyl (C=O) groups is 1. The molecule has 1 aromatic carbocycles. The third-order valence-electron chi connectivity index (χ3n) is 3.82. The van der Waals surface area contributed by atoms with Crippen LogP contribution in [-0.4, -0.2) is 25.4 Å². The van der Waals surface area contributed by atoms with Crippen LogP contribution in [0.5, 0.6) is 0 Å². The minimum Gasteiger partial charge on any atom is -0.463 e. The van der Waals surface area contributed by atoms with Gasteiger partial charge in [-0.2, -0.15) is 0 Å². The minimum absolute atomic E-state index is 0.126. The molecule has 0 radical (unpaired) electrons. The lowest BCUT2D eigenvalue weighted by Gasteiger charge is -2.08. The van der Waals surface area contributed by atoms with Crippen molar-refractivity contribution in [1.82, 2.24) is 24.8 Å². The van der Waals surface area contributed by atoms with Crippen LogP contribution < -0.4 is 5.32 Å². The van der Waals surface area contributed by atoms with Crippen LogP contribution in [0.3, 0.4) is 0 Å². The highest BCUT2D eigenvalue weighted by atomic mass is 16.3. The molecule has 7 nitrogen and oxygen atoms in total. The summed E-state index contributed by atoms with van der Waals surface area (Å²) in [5.74, 6) is 0.497. The number of nitrogens with one attached hydrogen (secondary N) is 1. The van der Waals surface area contributed by atoms with Crippen LogP contribution in [-0.2, 0) is 17.9 Å². The van der Waals surface area contributed by atoms with E-state index >= 15 is 0 Å². The Hall–Kier alpha value is -3.48. The summed E-state index contributed by atoms with van der Waals surface area (Å²) in [4.78, 5) is 25.2. The lowest BCUT2D eigenvalue weighted by atomic mass is 10.2. The van der Waals surface area contributed by atoms with E-state index in [4.69, 9.17) is 4.42 Å². The number of carbonyl (C=O) groups excluding carboxylic acids is 1. The molecular weight excluding hydrogens is 318 g/mol. The summed E-state index contributed by atoms with van der Waals surface area (Å²) >= 11 is 0. The maximum absolute atomic E-state index is 12.3. The van der Waals surface area contributed by atoms with Crippen molar-refractivity contribution >= 4 is 16.9 Å². The number of para-hydroxylation sites is 2. The Labute approximate surface area is 143 Å². The number of hydrogen-bond acceptors (Lipinski definition) is 5. The molecule has 0 fully saturated rings. The predicted octanol–water partition coefficient (Wildman–Crippen LogP) is 2.40. The Morgan fingerprint density at radius 3 is 2.84 bits per heavy atom. The van der Waals surface area contributed by atoms with E-state index in [2.05, 4.69) is 20.3 Å². The summed E-state index contributed by atoms with van der Waals surface area (Å²) in [7, 11) is 0. The zero-order valence-electron chi connectivity index (χ0n) is 13.3. The van der Waals surface area contributed by atoms with Crippen LogP contribution in [0.15, 0.2) is 65.8 Å². The van der Waals surface area contributed by atoms with Crippen molar-refractivity contribution in [1.29, 1.82) is 0 Å². The number of furan rings is 1. The van der Waals surface area contributed by atoms with Crippen LogP contribution in [0.25, 0.3) is 22.5 Å². The van der Waals surface area contributed by atoms with Crippen molar-refractivity contribution in [3.8, 4) is 11.5 Å². The van der Waals surface area contributed by atoms with Crippen LogP contribution in [0, 0.1) is 0 Å². The number of benzene rings is 1. The number of hydrogen-bond donors (Lipinski definition) is 1. The monoisotopic (exact) mass is 333 g/mol. The highest BCUT2D eigenvalue weighted by molar-refractivity contribution is 5.80. The van der Waals surface area contributed by atoms with Crippen molar-refractivity contribution in [2.45, 2.75) is 13.1 Å². The summed E-state index contributed by atoms with van der Waals surface area (Å²) in [6.07, 6.45) is 6.44. The van der Waals surface area contributed by atoms with Gasteiger partial charge in [0.1, 0.15) is 12.2 Å². The molecule has 1 N–H and O–H groups in total. The molecule has 0 aliphatic rings. The molecule has 124 valence electrons. The lowest BCUT2D eigenvalue weighted by molar-refractivity contribution is -0.121. The van der Waals surface area contributed by atoms with Gasteiger partial charge >= 0.3 is 0 Å². The highest BCUT2D eigenvalue weighted by Gasteiger charge is 2.12. The fourth-order valence-electron chi connectivity index (χ4n) is 2.64. The van der Waals surface area contributed by atoms with Crippen molar-refractivity contribution < 1.29 is 9.21 Å². The molecule has 3 heterocycles. The quantitative estimate of drug-likeness (QED) is 0.606. The normalized spacial score (nSPS) is 10.9. The molecule has 4 rings (SSSR count).